The lowest BCUT2D eigenvalue weighted by Crippen LogP contribution is -2.27. The van der Waals surface area contributed by atoms with Crippen LogP contribution in [-0.4, -0.2) is 4.57 Å². The van der Waals surface area contributed by atoms with Crippen molar-refractivity contribution in [1.82, 2.24) is 4.57 Å². The molecule has 1 fully saturated rings. The summed E-state index contributed by atoms with van der Waals surface area (Å²) in [5.41, 5.74) is 10.1. The van der Waals surface area contributed by atoms with E-state index in [1.54, 1.807) is 0 Å². The first-order valence-electron chi connectivity index (χ1n) is 7.72. The van der Waals surface area contributed by atoms with Crippen LogP contribution in [0, 0.1) is 0 Å². The van der Waals surface area contributed by atoms with Gasteiger partial charge in [0.15, 0.2) is 0 Å². The van der Waals surface area contributed by atoms with Gasteiger partial charge in [0.1, 0.15) is 0 Å². The van der Waals surface area contributed by atoms with Crippen molar-refractivity contribution in [3.05, 3.63) is 57.9 Å². The maximum absolute atomic E-state index is 12.7. The fourth-order valence-corrected chi connectivity index (χ4v) is 2.76. The average molecular weight is 282 g/mol. The van der Waals surface area contributed by atoms with Crippen molar-refractivity contribution in [1.29, 1.82) is 0 Å². The molecule has 0 bridgehead atoms. The number of nitrogens with zero attached hydrogens (tertiary/aromatic N) is 1. The first kappa shape index (κ1) is 14.1. The zero-order valence-corrected chi connectivity index (χ0v) is 12.7. The Bertz CT molecular complexity index is 694. The third kappa shape index (κ3) is 2.66. The summed E-state index contributed by atoms with van der Waals surface area (Å²) in [6.45, 7) is 4.01. The second kappa shape index (κ2) is 5.49. The van der Waals surface area contributed by atoms with Crippen LogP contribution in [0.25, 0.3) is 11.3 Å². The predicted molar refractivity (Wildman–Crippen MR) is 86.4 cm³/mol. The minimum atomic E-state index is -0.223. The zero-order valence-electron chi connectivity index (χ0n) is 12.7. The van der Waals surface area contributed by atoms with Gasteiger partial charge in [-0.05, 0) is 49.4 Å². The maximum Gasteiger partial charge on any atom is 0.256 e. The predicted octanol–water partition coefficient (Wildman–Crippen LogP) is 3.43. The Hall–Kier alpha value is -1.87. The number of rotatable bonds is 4. The number of hydrogen-bond acceptors (Lipinski definition) is 2. The lowest BCUT2D eigenvalue weighted by Gasteiger charge is -2.16. The van der Waals surface area contributed by atoms with E-state index in [2.05, 4.69) is 31.2 Å². The summed E-state index contributed by atoms with van der Waals surface area (Å²) in [6, 6.07) is 12.5. The Morgan fingerprint density at radius 2 is 1.86 bits per heavy atom. The molecule has 0 saturated heterocycles. The smallest absolute Gasteiger partial charge is 0.256 e. The van der Waals surface area contributed by atoms with Gasteiger partial charge in [-0.2, -0.15) is 0 Å². The summed E-state index contributed by atoms with van der Waals surface area (Å²) in [4.78, 5) is 12.7. The minimum Gasteiger partial charge on any atom is -0.324 e. The van der Waals surface area contributed by atoms with Gasteiger partial charge in [0.05, 0.1) is 5.69 Å². The summed E-state index contributed by atoms with van der Waals surface area (Å²) < 4.78 is 1.94. The van der Waals surface area contributed by atoms with Crippen LogP contribution in [0.2, 0.25) is 0 Å². The molecular formula is C18H22N2O. The molecule has 1 atom stereocenters. The summed E-state index contributed by atoms with van der Waals surface area (Å²) in [5, 5.41) is 0. The number of nitrogens with two attached hydrogens (primary N) is 1. The maximum atomic E-state index is 12.7. The molecule has 3 nitrogen and oxygen atoms in total. The van der Waals surface area contributed by atoms with Crippen LogP contribution in [0.4, 0.5) is 0 Å². The molecule has 1 saturated carbocycles. The number of hydrogen-bond donors (Lipinski definition) is 1. The van der Waals surface area contributed by atoms with E-state index in [0.717, 1.165) is 30.5 Å². The highest BCUT2D eigenvalue weighted by atomic mass is 16.1. The molecule has 1 unspecified atom stereocenters. The fraction of sp³-hybridized carbons (Fsp3) is 0.389. The Balaban J connectivity index is 2.13. The average Bonchev–Trinajstić information content (AvgIpc) is 3.31. The monoisotopic (exact) mass is 282 g/mol. The molecule has 3 rings (SSSR count). The largest absolute Gasteiger partial charge is 0.324 e. The minimum absolute atomic E-state index is 0.0737. The van der Waals surface area contributed by atoms with E-state index < -0.39 is 0 Å². The van der Waals surface area contributed by atoms with Crippen LogP contribution in [0.3, 0.4) is 0 Å². The van der Waals surface area contributed by atoms with E-state index in [9.17, 15) is 4.79 Å². The van der Waals surface area contributed by atoms with Gasteiger partial charge in [-0.1, -0.05) is 31.2 Å². The Morgan fingerprint density at radius 3 is 2.38 bits per heavy atom. The molecule has 0 radical (unpaired) electrons. The van der Waals surface area contributed by atoms with Crippen LogP contribution in [-0.2, 0) is 6.42 Å². The van der Waals surface area contributed by atoms with Crippen molar-refractivity contribution in [3.8, 4) is 11.3 Å². The summed E-state index contributed by atoms with van der Waals surface area (Å²) in [6.07, 6.45) is 3.20. The van der Waals surface area contributed by atoms with E-state index in [4.69, 9.17) is 5.73 Å². The van der Waals surface area contributed by atoms with Crippen molar-refractivity contribution < 1.29 is 0 Å². The van der Waals surface area contributed by atoms with Crippen molar-refractivity contribution >= 4 is 0 Å². The molecule has 3 heteroatoms. The van der Waals surface area contributed by atoms with Crippen molar-refractivity contribution in [3.63, 3.8) is 0 Å². The molecule has 1 aromatic carbocycles. The number of pyridine rings is 1. The van der Waals surface area contributed by atoms with Gasteiger partial charge in [-0.15, -0.1) is 0 Å². The SMILES string of the molecule is CCc1ccc(-c2ccc(C(C)N)c(=O)n2C2CC2)cc1. The van der Waals surface area contributed by atoms with E-state index in [0.29, 0.717) is 11.6 Å². The standard InChI is InChI=1S/C18H22N2O/c1-3-13-4-6-14(7-5-13)17-11-10-16(12(2)19)18(21)20(17)15-8-9-15/h4-7,10-12,15H,3,8-9,19H2,1-2H3. The van der Waals surface area contributed by atoms with Gasteiger partial charge >= 0.3 is 0 Å². The third-order valence-electron chi connectivity index (χ3n) is 4.21. The fourth-order valence-electron chi connectivity index (χ4n) is 2.76. The number of aryl methyl sites for hydroxylation is 1. The molecule has 1 aliphatic carbocycles. The molecule has 1 aliphatic rings. The van der Waals surface area contributed by atoms with E-state index in [1.165, 1.54) is 5.56 Å². The van der Waals surface area contributed by atoms with Crippen LogP contribution in [0.5, 0.6) is 0 Å². The molecule has 1 aromatic heterocycles. The van der Waals surface area contributed by atoms with Gasteiger partial charge < -0.3 is 10.3 Å². The first-order chi connectivity index (χ1) is 10.1. The van der Waals surface area contributed by atoms with Crippen molar-refractivity contribution in [2.45, 2.75) is 45.2 Å². The van der Waals surface area contributed by atoms with E-state index in [1.807, 2.05) is 23.6 Å². The van der Waals surface area contributed by atoms with Crippen LogP contribution in [0.15, 0.2) is 41.2 Å². The molecule has 2 aromatic rings. The summed E-state index contributed by atoms with van der Waals surface area (Å²) in [5.74, 6) is 0. The second-order valence-electron chi connectivity index (χ2n) is 5.92. The second-order valence-corrected chi connectivity index (χ2v) is 5.92. The Morgan fingerprint density at radius 1 is 1.19 bits per heavy atom. The quantitative estimate of drug-likeness (QED) is 0.934. The summed E-state index contributed by atoms with van der Waals surface area (Å²) in [7, 11) is 0. The zero-order chi connectivity index (χ0) is 15.0. The first-order valence-corrected chi connectivity index (χ1v) is 7.72. The van der Waals surface area contributed by atoms with Crippen LogP contribution in [0.1, 0.15) is 49.9 Å². The molecule has 110 valence electrons. The molecule has 0 aliphatic heterocycles. The van der Waals surface area contributed by atoms with Gasteiger partial charge in [0.2, 0.25) is 0 Å². The van der Waals surface area contributed by atoms with Gasteiger partial charge in [-0.3, -0.25) is 4.79 Å². The number of benzene rings is 1. The van der Waals surface area contributed by atoms with Gasteiger partial charge in [0.25, 0.3) is 5.56 Å². The molecule has 0 spiro atoms. The van der Waals surface area contributed by atoms with Crippen LogP contribution >= 0.6 is 0 Å². The van der Waals surface area contributed by atoms with Crippen molar-refractivity contribution in [2.75, 3.05) is 0 Å². The summed E-state index contributed by atoms with van der Waals surface area (Å²) >= 11 is 0. The highest BCUT2D eigenvalue weighted by Gasteiger charge is 2.28. The third-order valence-corrected chi connectivity index (χ3v) is 4.21. The van der Waals surface area contributed by atoms with Gasteiger partial charge in [0, 0.05) is 17.6 Å². The molecule has 21 heavy (non-hydrogen) atoms. The number of aromatic nitrogens is 1. The normalized spacial score (nSPS) is 16.0. The molecule has 0 amide bonds. The lowest BCUT2D eigenvalue weighted by atomic mass is 10.0. The van der Waals surface area contributed by atoms with E-state index >= 15 is 0 Å². The highest BCUT2D eigenvalue weighted by Crippen LogP contribution is 2.37. The van der Waals surface area contributed by atoms with E-state index in [-0.39, 0.29) is 11.6 Å². The lowest BCUT2D eigenvalue weighted by molar-refractivity contribution is 0.684. The topological polar surface area (TPSA) is 48.0 Å². The van der Waals surface area contributed by atoms with Gasteiger partial charge in [-0.25, -0.2) is 0 Å². The molecule has 1 heterocycles. The molecular weight excluding hydrogens is 260 g/mol. The highest BCUT2D eigenvalue weighted by molar-refractivity contribution is 5.61. The van der Waals surface area contributed by atoms with Crippen LogP contribution < -0.4 is 11.3 Å². The Labute approximate surface area is 125 Å². The Kier molecular flexibility index (Phi) is 3.68. The molecule has 2 N–H and O–H groups in total. The van der Waals surface area contributed by atoms with Crippen molar-refractivity contribution in [2.24, 2.45) is 5.73 Å².